The summed E-state index contributed by atoms with van der Waals surface area (Å²) >= 11 is 0. The number of fused-ring (bicyclic) bond motifs is 2. The van der Waals surface area contributed by atoms with E-state index in [1.807, 2.05) is 30.3 Å². The average molecular weight is 340 g/mol. The molecule has 132 valence electrons. The molecule has 1 N–H and O–H groups in total. The Morgan fingerprint density at radius 3 is 3.08 bits per heavy atom. The van der Waals surface area contributed by atoms with Crippen molar-refractivity contribution in [3.63, 3.8) is 0 Å². The minimum Gasteiger partial charge on any atom is -0.487 e. The maximum Gasteiger partial charge on any atom is 0.173 e. The summed E-state index contributed by atoms with van der Waals surface area (Å²) in [6.07, 6.45) is 4.12. The summed E-state index contributed by atoms with van der Waals surface area (Å²) in [5, 5.41) is 3.65. The molecule has 0 spiro atoms. The van der Waals surface area contributed by atoms with E-state index < -0.39 is 0 Å². The molecule has 2 fully saturated rings. The third kappa shape index (κ3) is 4.00. The highest BCUT2D eigenvalue weighted by Gasteiger charge is 2.38. The van der Waals surface area contributed by atoms with Crippen LogP contribution in [0.15, 0.2) is 48.7 Å². The summed E-state index contributed by atoms with van der Waals surface area (Å²) in [4.78, 5) is 4.29. The molecule has 1 aromatic carbocycles. The molecule has 5 nitrogen and oxygen atoms in total. The molecule has 2 aromatic rings. The summed E-state index contributed by atoms with van der Waals surface area (Å²) in [5.41, 5.74) is 2.12. The van der Waals surface area contributed by atoms with Crippen molar-refractivity contribution in [2.75, 3.05) is 6.61 Å². The second-order valence-corrected chi connectivity index (χ2v) is 6.71. The molecule has 4 atom stereocenters. The lowest BCUT2D eigenvalue weighted by molar-refractivity contribution is -0.105. The number of nitrogens with one attached hydrogen (secondary N) is 1. The fourth-order valence-electron chi connectivity index (χ4n) is 3.43. The van der Waals surface area contributed by atoms with Crippen LogP contribution in [0.4, 0.5) is 0 Å². The molecule has 0 saturated carbocycles. The predicted octanol–water partition coefficient (Wildman–Crippen LogP) is 3.22. The lowest BCUT2D eigenvalue weighted by Crippen LogP contribution is -2.44. The molecule has 2 aliphatic heterocycles. The Balaban J connectivity index is 1.36. The number of benzene rings is 1. The van der Waals surface area contributed by atoms with Crippen molar-refractivity contribution in [3.8, 4) is 5.75 Å². The SMILES string of the molecule is CC(NC1CC[C@H]2CO[C@@H]1O2)c1cccc(OCc2ccccn2)c1. The van der Waals surface area contributed by atoms with Gasteiger partial charge in [0.25, 0.3) is 0 Å². The number of pyridine rings is 1. The van der Waals surface area contributed by atoms with E-state index in [0.717, 1.165) is 30.9 Å². The van der Waals surface area contributed by atoms with Crippen LogP contribution in [0.3, 0.4) is 0 Å². The number of ether oxygens (including phenoxy) is 3. The molecule has 0 amide bonds. The van der Waals surface area contributed by atoms with Crippen LogP contribution < -0.4 is 10.1 Å². The van der Waals surface area contributed by atoms with Crippen molar-refractivity contribution < 1.29 is 14.2 Å². The van der Waals surface area contributed by atoms with Crippen molar-refractivity contribution >= 4 is 0 Å². The minimum absolute atomic E-state index is 0.107. The molecule has 25 heavy (non-hydrogen) atoms. The smallest absolute Gasteiger partial charge is 0.173 e. The number of hydrogen-bond donors (Lipinski definition) is 1. The van der Waals surface area contributed by atoms with E-state index in [4.69, 9.17) is 14.2 Å². The van der Waals surface area contributed by atoms with Crippen LogP contribution in [-0.4, -0.2) is 30.0 Å². The fraction of sp³-hybridized carbons (Fsp3) is 0.450. The van der Waals surface area contributed by atoms with Crippen molar-refractivity contribution in [1.29, 1.82) is 0 Å². The maximum absolute atomic E-state index is 5.88. The second-order valence-electron chi connectivity index (χ2n) is 6.71. The van der Waals surface area contributed by atoms with Crippen molar-refractivity contribution in [3.05, 3.63) is 59.9 Å². The third-order valence-electron chi connectivity index (χ3n) is 4.84. The van der Waals surface area contributed by atoms with Crippen LogP contribution in [0, 0.1) is 0 Å². The lowest BCUT2D eigenvalue weighted by atomic mass is 10.0. The van der Waals surface area contributed by atoms with Gasteiger partial charge in [-0.3, -0.25) is 4.98 Å². The van der Waals surface area contributed by atoms with Gasteiger partial charge >= 0.3 is 0 Å². The van der Waals surface area contributed by atoms with Gasteiger partial charge in [-0.25, -0.2) is 0 Å². The third-order valence-corrected chi connectivity index (χ3v) is 4.84. The molecular weight excluding hydrogens is 316 g/mol. The van der Waals surface area contributed by atoms with Gasteiger partial charge in [-0.05, 0) is 49.6 Å². The van der Waals surface area contributed by atoms with Gasteiger partial charge < -0.3 is 19.5 Å². The number of hydrogen-bond acceptors (Lipinski definition) is 5. The summed E-state index contributed by atoms with van der Waals surface area (Å²) in [7, 11) is 0. The quantitative estimate of drug-likeness (QED) is 0.875. The maximum atomic E-state index is 5.88. The topological polar surface area (TPSA) is 52.6 Å². The van der Waals surface area contributed by atoms with E-state index in [1.165, 1.54) is 5.56 Å². The largest absolute Gasteiger partial charge is 0.487 e. The van der Waals surface area contributed by atoms with Gasteiger partial charge in [0.1, 0.15) is 12.4 Å². The Morgan fingerprint density at radius 1 is 1.24 bits per heavy atom. The Hall–Kier alpha value is -1.95. The molecule has 0 aliphatic carbocycles. The molecule has 4 rings (SSSR count). The number of rotatable bonds is 6. The van der Waals surface area contributed by atoms with Gasteiger partial charge in [0.05, 0.1) is 24.4 Å². The first-order chi connectivity index (χ1) is 12.3. The molecular formula is C20H24N2O3. The summed E-state index contributed by atoms with van der Waals surface area (Å²) in [5.74, 6) is 0.855. The average Bonchev–Trinajstić information content (AvgIpc) is 3.05. The summed E-state index contributed by atoms with van der Waals surface area (Å²) in [6, 6.07) is 14.5. The zero-order valence-corrected chi connectivity index (χ0v) is 14.4. The zero-order valence-electron chi connectivity index (χ0n) is 14.4. The van der Waals surface area contributed by atoms with Crippen LogP contribution in [0.25, 0.3) is 0 Å². The molecule has 2 bridgehead atoms. The first-order valence-electron chi connectivity index (χ1n) is 8.94. The van der Waals surface area contributed by atoms with E-state index in [0.29, 0.717) is 12.7 Å². The van der Waals surface area contributed by atoms with Gasteiger partial charge in [-0.1, -0.05) is 18.2 Å². The van der Waals surface area contributed by atoms with Crippen LogP contribution in [0.2, 0.25) is 0 Å². The van der Waals surface area contributed by atoms with Gasteiger partial charge in [0.2, 0.25) is 0 Å². The molecule has 2 aliphatic rings. The normalized spacial score (nSPS) is 26.4. The standard InChI is InChI=1S/C20H24N2O3/c1-14(22-19-9-8-18-13-24-20(19)25-18)15-5-4-7-17(11-15)23-12-16-6-2-3-10-21-16/h2-7,10-11,14,18-20,22H,8-9,12-13H2,1H3/t14?,18-,19?,20+/m0/s1. The van der Waals surface area contributed by atoms with Gasteiger partial charge in [-0.2, -0.15) is 0 Å². The van der Waals surface area contributed by atoms with Crippen molar-refractivity contribution in [2.45, 2.75) is 50.8 Å². The molecule has 3 heterocycles. The number of aromatic nitrogens is 1. The first kappa shape index (κ1) is 16.5. The van der Waals surface area contributed by atoms with E-state index in [1.54, 1.807) is 6.20 Å². The molecule has 2 unspecified atom stereocenters. The Kier molecular flexibility index (Phi) is 4.97. The van der Waals surface area contributed by atoms with Crippen molar-refractivity contribution in [2.24, 2.45) is 0 Å². The van der Waals surface area contributed by atoms with Gasteiger partial charge in [0.15, 0.2) is 6.29 Å². The Bertz CT molecular complexity index is 694. The Morgan fingerprint density at radius 2 is 2.20 bits per heavy atom. The van der Waals surface area contributed by atoms with E-state index in [9.17, 15) is 0 Å². The van der Waals surface area contributed by atoms with Crippen LogP contribution in [0.5, 0.6) is 5.75 Å². The van der Waals surface area contributed by atoms with E-state index in [-0.39, 0.29) is 18.4 Å². The summed E-state index contributed by atoms with van der Waals surface area (Å²) in [6.45, 7) is 3.37. The highest BCUT2D eigenvalue weighted by atomic mass is 16.7. The number of nitrogens with zero attached hydrogens (tertiary/aromatic N) is 1. The van der Waals surface area contributed by atoms with Crippen LogP contribution in [-0.2, 0) is 16.1 Å². The van der Waals surface area contributed by atoms with E-state index in [2.05, 4.69) is 29.4 Å². The Labute approximate surface area is 148 Å². The second kappa shape index (κ2) is 7.52. The molecule has 1 aromatic heterocycles. The monoisotopic (exact) mass is 340 g/mol. The highest BCUT2D eigenvalue weighted by Crippen LogP contribution is 2.29. The highest BCUT2D eigenvalue weighted by molar-refractivity contribution is 5.30. The van der Waals surface area contributed by atoms with Crippen LogP contribution in [0.1, 0.15) is 37.1 Å². The van der Waals surface area contributed by atoms with Crippen LogP contribution >= 0.6 is 0 Å². The first-order valence-corrected chi connectivity index (χ1v) is 8.94. The molecule has 5 heteroatoms. The van der Waals surface area contributed by atoms with E-state index >= 15 is 0 Å². The predicted molar refractivity (Wildman–Crippen MR) is 94.2 cm³/mol. The van der Waals surface area contributed by atoms with Gasteiger partial charge in [0, 0.05) is 12.2 Å². The summed E-state index contributed by atoms with van der Waals surface area (Å²) < 4.78 is 17.4. The van der Waals surface area contributed by atoms with Crippen molar-refractivity contribution in [1.82, 2.24) is 10.3 Å². The fourth-order valence-corrected chi connectivity index (χ4v) is 3.43. The molecule has 2 saturated heterocycles. The van der Waals surface area contributed by atoms with Gasteiger partial charge in [-0.15, -0.1) is 0 Å². The molecule has 0 radical (unpaired) electrons. The zero-order chi connectivity index (χ0) is 17.1. The lowest BCUT2D eigenvalue weighted by Gasteiger charge is -2.31. The minimum atomic E-state index is -0.107.